The first kappa shape index (κ1) is 33.3. The molecule has 0 radical (unpaired) electrons. The van der Waals surface area contributed by atoms with Gasteiger partial charge in [0.25, 0.3) is 0 Å². The predicted molar refractivity (Wildman–Crippen MR) is 187 cm³/mol. The van der Waals surface area contributed by atoms with Crippen LogP contribution in [0.25, 0.3) is 22.0 Å². The summed E-state index contributed by atoms with van der Waals surface area (Å²) in [6.45, 7) is 8.65. The van der Waals surface area contributed by atoms with E-state index >= 15 is 0 Å². The van der Waals surface area contributed by atoms with Gasteiger partial charge in [0.1, 0.15) is 11.4 Å². The lowest BCUT2D eigenvalue weighted by Crippen LogP contribution is -2.47. The Balaban J connectivity index is 1.24. The van der Waals surface area contributed by atoms with Crippen molar-refractivity contribution in [2.75, 3.05) is 18.4 Å². The van der Waals surface area contributed by atoms with Crippen LogP contribution in [0.3, 0.4) is 0 Å². The standard InChI is InChI=1S/C35H38N6O5S2/c1-23-12-13-27-24(20-48(43,44)21-26-19-47-22-38-26)8-5-10-28(27)31(23)45-32-29(11-6-15-36-32)30-14-16-37-33(40-30)39-25-9-7-17-41(18-25)34(42)46-35(2,3)4/h5-6,8,10-16,19,22,25H,7,9,17-18,20-21H2,1-4H3,(H,37,39,40)/t25-/m0/s1. The fourth-order valence-electron chi connectivity index (χ4n) is 5.70. The van der Waals surface area contributed by atoms with Gasteiger partial charge in [-0.1, -0.05) is 30.3 Å². The van der Waals surface area contributed by atoms with Gasteiger partial charge in [-0.05, 0) is 75.2 Å². The first-order chi connectivity index (χ1) is 22.9. The highest BCUT2D eigenvalue weighted by molar-refractivity contribution is 7.89. The number of benzene rings is 2. The van der Waals surface area contributed by atoms with Crippen molar-refractivity contribution < 1.29 is 22.7 Å². The Kier molecular flexibility index (Phi) is 9.61. The van der Waals surface area contributed by atoms with Gasteiger partial charge in [-0.2, -0.15) is 0 Å². The summed E-state index contributed by atoms with van der Waals surface area (Å²) in [5.41, 5.74) is 4.47. The maximum absolute atomic E-state index is 13.1. The third kappa shape index (κ3) is 8.08. The number of aromatic nitrogens is 4. The van der Waals surface area contributed by atoms with E-state index in [1.165, 1.54) is 11.3 Å². The van der Waals surface area contributed by atoms with Crippen molar-refractivity contribution in [1.82, 2.24) is 24.8 Å². The molecule has 1 aliphatic heterocycles. The minimum absolute atomic E-state index is 0.0380. The molecule has 0 unspecified atom stereocenters. The Bertz CT molecular complexity index is 2030. The predicted octanol–water partition coefficient (Wildman–Crippen LogP) is 7.18. The minimum atomic E-state index is -3.46. The highest BCUT2D eigenvalue weighted by Gasteiger charge is 2.28. The van der Waals surface area contributed by atoms with Gasteiger partial charge in [-0.15, -0.1) is 11.3 Å². The van der Waals surface area contributed by atoms with Crippen LogP contribution in [0.5, 0.6) is 11.6 Å². The molecule has 1 atom stereocenters. The minimum Gasteiger partial charge on any atom is -0.444 e. The van der Waals surface area contributed by atoms with Crippen LogP contribution in [0.15, 0.2) is 71.8 Å². The number of fused-ring (bicyclic) bond motifs is 1. The normalized spacial score (nSPS) is 15.3. The summed E-state index contributed by atoms with van der Waals surface area (Å²) in [6, 6.07) is 14.9. The van der Waals surface area contributed by atoms with Crippen LogP contribution >= 0.6 is 11.3 Å². The number of piperidine rings is 1. The second kappa shape index (κ2) is 13.9. The summed E-state index contributed by atoms with van der Waals surface area (Å²) in [5, 5.41) is 6.72. The molecule has 5 aromatic rings. The summed E-state index contributed by atoms with van der Waals surface area (Å²) < 4.78 is 38.3. The largest absolute Gasteiger partial charge is 0.444 e. The van der Waals surface area contributed by atoms with E-state index in [9.17, 15) is 13.2 Å². The lowest BCUT2D eigenvalue weighted by Gasteiger charge is -2.34. The molecule has 1 aliphatic rings. The molecule has 0 aliphatic carbocycles. The van der Waals surface area contributed by atoms with Crippen molar-refractivity contribution in [3.63, 3.8) is 0 Å². The number of carbonyl (C=O) groups excluding carboxylic acids is 1. The Morgan fingerprint density at radius 2 is 1.88 bits per heavy atom. The first-order valence-electron chi connectivity index (χ1n) is 15.7. The van der Waals surface area contributed by atoms with Crippen LogP contribution in [0, 0.1) is 6.92 Å². The maximum Gasteiger partial charge on any atom is 0.410 e. The van der Waals surface area contributed by atoms with Crippen molar-refractivity contribution >= 4 is 44.0 Å². The van der Waals surface area contributed by atoms with Crippen LogP contribution in [0.4, 0.5) is 10.7 Å². The van der Waals surface area contributed by atoms with Crippen molar-refractivity contribution in [3.8, 4) is 22.9 Å². The number of thiazole rings is 1. The lowest BCUT2D eigenvalue weighted by molar-refractivity contribution is 0.0206. The number of ether oxygens (including phenoxy) is 2. The van der Waals surface area contributed by atoms with E-state index in [2.05, 4.69) is 20.3 Å². The van der Waals surface area contributed by atoms with Crippen LogP contribution in [0.1, 0.15) is 50.4 Å². The number of nitrogens with one attached hydrogen (secondary N) is 1. The summed E-state index contributed by atoms with van der Waals surface area (Å²) in [7, 11) is -3.46. The summed E-state index contributed by atoms with van der Waals surface area (Å²) in [5.74, 6) is 1.14. The highest BCUT2D eigenvalue weighted by atomic mass is 32.2. The second-order valence-corrected chi connectivity index (χ2v) is 15.7. The molecule has 2 aromatic carbocycles. The van der Waals surface area contributed by atoms with Gasteiger partial charge in [0.2, 0.25) is 11.8 Å². The van der Waals surface area contributed by atoms with E-state index in [-0.39, 0.29) is 23.6 Å². The van der Waals surface area contributed by atoms with Crippen molar-refractivity contribution in [2.45, 2.75) is 63.7 Å². The first-order valence-corrected chi connectivity index (χ1v) is 18.5. The average molecular weight is 687 g/mol. The summed E-state index contributed by atoms with van der Waals surface area (Å²) in [6.07, 6.45) is 4.71. The fraction of sp³-hybridized carbons (Fsp3) is 0.343. The number of anilines is 1. The zero-order chi connectivity index (χ0) is 33.9. The van der Waals surface area contributed by atoms with Gasteiger partial charge in [0.05, 0.1) is 34.0 Å². The number of amides is 1. The third-order valence-corrected chi connectivity index (χ3v) is 9.96. The molecule has 0 saturated carbocycles. The van der Waals surface area contributed by atoms with E-state index in [4.69, 9.17) is 14.5 Å². The summed E-state index contributed by atoms with van der Waals surface area (Å²) in [4.78, 5) is 32.3. The molecule has 4 heterocycles. The molecule has 11 nitrogen and oxygen atoms in total. The maximum atomic E-state index is 13.1. The monoisotopic (exact) mass is 686 g/mol. The topological polar surface area (TPSA) is 136 Å². The van der Waals surface area contributed by atoms with Gasteiger partial charge in [0.15, 0.2) is 9.84 Å². The number of likely N-dealkylation sites (tertiary alicyclic amines) is 1. The SMILES string of the molecule is Cc1ccc2c(CS(=O)(=O)Cc3cscn3)cccc2c1Oc1ncccc1-c1ccnc(N[C@H]2CCCN(C(=O)OC(C)(C)C)C2)n1. The number of rotatable bonds is 9. The molecule has 1 amide bonds. The Morgan fingerprint density at radius 1 is 1.02 bits per heavy atom. The van der Waals surface area contributed by atoms with E-state index in [0.717, 1.165) is 29.2 Å². The quantitative estimate of drug-likeness (QED) is 0.170. The number of sulfone groups is 1. The summed E-state index contributed by atoms with van der Waals surface area (Å²) >= 11 is 1.38. The Morgan fingerprint density at radius 3 is 2.67 bits per heavy atom. The van der Waals surface area contributed by atoms with E-state index in [1.807, 2.05) is 70.2 Å². The Hall–Kier alpha value is -4.62. The van der Waals surface area contributed by atoms with E-state index < -0.39 is 15.4 Å². The number of carbonyl (C=O) groups is 1. The molecule has 1 saturated heterocycles. The smallest absolute Gasteiger partial charge is 0.410 e. The van der Waals surface area contributed by atoms with Crippen LogP contribution in [0.2, 0.25) is 0 Å². The number of nitrogens with zero attached hydrogens (tertiary/aromatic N) is 5. The van der Waals surface area contributed by atoms with Gasteiger partial charge < -0.3 is 19.7 Å². The molecule has 1 fully saturated rings. The van der Waals surface area contributed by atoms with Crippen LogP contribution in [-0.2, 0) is 26.1 Å². The van der Waals surface area contributed by atoms with Crippen molar-refractivity contribution in [2.24, 2.45) is 0 Å². The second-order valence-electron chi connectivity index (χ2n) is 12.9. The van der Waals surface area contributed by atoms with Gasteiger partial charge in [-0.3, -0.25) is 0 Å². The van der Waals surface area contributed by atoms with Crippen LogP contribution in [-0.4, -0.2) is 64.1 Å². The molecule has 1 N–H and O–H groups in total. The number of hydrogen-bond donors (Lipinski definition) is 1. The molecule has 0 bridgehead atoms. The molecule has 48 heavy (non-hydrogen) atoms. The number of aryl methyl sites for hydroxylation is 1. The van der Waals surface area contributed by atoms with Crippen molar-refractivity contribution in [3.05, 3.63) is 88.6 Å². The fourth-order valence-corrected chi connectivity index (χ4v) is 7.80. The van der Waals surface area contributed by atoms with Gasteiger partial charge in [-0.25, -0.2) is 33.1 Å². The number of pyridine rings is 1. The molecular formula is C35H38N6O5S2. The molecule has 13 heteroatoms. The zero-order valence-electron chi connectivity index (χ0n) is 27.3. The lowest BCUT2D eigenvalue weighted by atomic mass is 10.0. The molecular weight excluding hydrogens is 649 g/mol. The molecule has 6 rings (SSSR count). The molecule has 250 valence electrons. The van der Waals surface area contributed by atoms with Gasteiger partial charge >= 0.3 is 6.09 Å². The van der Waals surface area contributed by atoms with E-state index in [1.54, 1.807) is 34.3 Å². The molecule has 0 spiro atoms. The zero-order valence-corrected chi connectivity index (χ0v) is 29.0. The molecule has 3 aromatic heterocycles. The third-order valence-electron chi connectivity index (χ3n) is 7.83. The highest BCUT2D eigenvalue weighted by Crippen LogP contribution is 2.38. The average Bonchev–Trinajstić information content (AvgIpc) is 3.54. The van der Waals surface area contributed by atoms with Crippen molar-refractivity contribution in [1.29, 1.82) is 0 Å². The van der Waals surface area contributed by atoms with Gasteiger partial charge in [0, 0.05) is 42.3 Å². The van der Waals surface area contributed by atoms with Crippen LogP contribution < -0.4 is 10.1 Å². The number of hydrogen-bond acceptors (Lipinski definition) is 11. The Labute approximate surface area is 284 Å². The van der Waals surface area contributed by atoms with E-state index in [0.29, 0.717) is 53.2 Å².